The molecule has 2 nitrogen and oxygen atoms in total. The lowest BCUT2D eigenvalue weighted by Crippen LogP contribution is -1.99. The number of aryl methyl sites for hydroxylation is 1. The molecule has 0 amide bonds. The minimum Gasteiger partial charge on any atom is -0.508 e. The molecule has 0 aliphatic rings. The number of benzene rings is 1. The Morgan fingerprint density at radius 3 is 2.48 bits per heavy atom. The molecule has 1 aromatic carbocycles. The minimum atomic E-state index is 0.366. The van der Waals surface area contributed by atoms with Crippen LogP contribution in [0.2, 0.25) is 0 Å². The predicted octanol–water partition coefficient (Wildman–Crippen LogP) is 6.76. The van der Waals surface area contributed by atoms with Crippen LogP contribution in [0.1, 0.15) is 77.8 Å². The van der Waals surface area contributed by atoms with Gasteiger partial charge in [-0.3, -0.25) is 0 Å². The van der Waals surface area contributed by atoms with E-state index >= 15 is 0 Å². The standard InChI is InChI=1S/C23H36O2/c1-6-8-9-13-20-16-22(24)21(23(17-20)25-7-2)15-14-19(5)12-10-11-18(3)4/h11,14,16-17,24H,6-10,12-13,15H2,1-5H3. The molecule has 0 saturated carbocycles. The summed E-state index contributed by atoms with van der Waals surface area (Å²) in [6.45, 7) is 11.2. The van der Waals surface area contributed by atoms with Gasteiger partial charge in [-0.2, -0.15) is 0 Å². The van der Waals surface area contributed by atoms with Gasteiger partial charge in [0.1, 0.15) is 11.5 Å². The van der Waals surface area contributed by atoms with Crippen molar-refractivity contribution in [2.45, 2.75) is 79.6 Å². The molecule has 0 unspecified atom stereocenters. The zero-order valence-electron chi connectivity index (χ0n) is 16.8. The van der Waals surface area contributed by atoms with Crippen molar-refractivity contribution in [2.24, 2.45) is 0 Å². The molecule has 0 heterocycles. The second-order valence-electron chi connectivity index (χ2n) is 7.06. The zero-order chi connectivity index (χ0) is 18.7. The summed E-state index contributed by atoms with van der Waals surface area (Å²) < 4.78 is 5.81. The van der Waals surface area contributed by atoms with Crippen molar-refractivity contribution in [1.29, 1.82) is 0 Å². The van der Waals surface area contributed by atoms with E-state index in [2.05, 4.69) is 45.9 Å². The van der Waals surface area contributed by atoms with Gasteiger partial charge >= 0.3 is 0 Å². The van der Waals surface area contributed by atoms with E-state index < -0.39 is 0 Å². The monoisotopic (exact) mass is 344 g/mol. The summed E-state index contributed by atoms with van der Waals surface area (Å²) >= 11 is 0. The van der Waals surface area contributed by atoms with Crippen LogP contribution < -0.4 is 4.74 Å². The summed E-state index contributed by atoms with van der Waals surface area (Å²) in [5, 5.41) is 10.5. The fraction of sp³-hybridized carbons (Fsp3) is 0.565. The van der Waals surface area contributed by atoms with E-state index in [1.165, 1.54) is 29.6 Å². The molecule has 0 aliphatic heterocycles. The first-order valence-electron chi connectivity index (χ1n) is 9.74. The van der Waals surface area contributed by atoms with Gasteiger partial charge in [0.25, 0.3) is 0 Å². The number of phenols is 1. The van der Waals surface area contributed by atoms with Crippen molar-refractivity contribution in [3.63, 3.8) is 0 Å². The third-order valence-corrected chi connectivity index (χ3v) is 4.36. The number of phenolic OH excluding ortho intramolecular Hbond substituents is 1. The van der Waals surface area contributed by atoms with Crippen LogP contribution in [0.25, 0.3) is 0 Å². The third kappa shape index (κ3) is 8.29. The van der Waals surface area contributed by atoms with Crippen LogP contribution in [0.4, 0.5) is 0 Å². The Morgan fingerprint density at radius 2 is 1.84 bits per heavy atom. The lowest BCUT2D eigenvalue weighted by Gasteiger charge is -2.14. The van der Waals surface area contributed by atoms with E-state index in [1.54, 1.807) is 0 Å². The molecule has 0 bridgehead atoms. The van der Waals surface area contributed by atoms with E-state index in [0.29, 0.717) is 12.4 Å². The third-order valence-electron chi connectivity index (χ3n) is 4.36. The van der Waals surface area contributed by atoms with Gasteiger partial charge in [-0.25, -0.2) is 0 Å². The minimum absolute atomic E-state index is 0.366. The van der Waals surface area contributed by atoms with Crippen LogP contribution >= 0.6 is 0 Å². The van der Waals surface area contributed by atoms with Gasteiger partial charge in [0.05, 0.1) is 6.61 Å². The second-order valence-corrected chi connectivity index (χ2v) is 7.06. The zero-order valence-corrected chi connectivity index (χ0v) is 16.8. The molecule has 0 saturated heterocycles. The maximum Gasteiger partial charge on any atom is 0.126 e. The molecule has 0 radical (unpaired) electrons. The number of hydrogen-bond acceptors (Lipinski definition) is 2. The fourth-order valence-corrected chi connectivity index (χ4v) is 2.87. The number of rotatable bonds is 11. The van der Waals surface area contributed by atoms with Crippen molar-refractivity contribution < 1.29 is 9.84 Å². The van der Waals surface area contributed by atoms with Crippen molar-refractivity contribution in [1.82, 2.24) is 0 Å². The number of aromatic hydroxyl groups is 1. The number of allylic oxidation sites excluding steroid dienone is 4. The molecule has 140 valence electrons. The first kappa shape index (κ1) is 21.3. The molecule has 0 spiro atoms. The molecule has 2 heteroatoms. The van der Waals surface area contributed by atoms with Crippen molar-refractivity contribution in [2.75, 3.05) is 6.61 Å². The Bertz CT molecular complexity index is 578. The Labute approximate surface area is 154 Å². The van der Waals surface area contributed by atoms with Crippen LogP contribution in [0.5, 0.6) is 11.5 Å². The summed E-state index contributed by atoms with van der Waals surface area (Å²) in [4.78, 5) is 0. The van der Waals surface area contributed by atoms with Gasteiger partial charge in [0.2, 0.25) is 0 Å². The maximum atomic E-state index is 10.5. The Morgan fingerprint density at radius 1 is 1.08 bits per heavy atom. The molecular formula is C23H36O2. The summed E-state index contributed by atoms with van der Waals surface area (Å²) in [7, 11) is 0. The van der Waals surface area contributed by atoms with Gasteiger partial charge in [-0.05, 0) is 77.5 Å². The highest BCUT2D eigenvalue weighted by atomic mass is 16.5. The van der Waals surface area contributed by atoms with Crippen LogP contribution in [-0.2, 0) is 12.8 Å². The topological polar surface area (TPSA) is 29.5 Å². The first-order valence-corrected chi connectivity index (χ1v) is 9.74. The SMILES string of the molecule is CCCCCc1cc(O)c(CC=C(C)CCC=C(C)C)c(OCC)c1. The van der Waals surface area contributed by atoms with Gasteiger partial charge in [0.15, 0.2) is 0 Å². The number of ether oxygens (including phenoxy) is 1. The Hall–Kier alpha value is -1.70. The lowest BCUT2D eigenvalue weighted by atomic mass is 10.00. The maximum absolute atomic E-state index is 10.5. The summed E-state index contributed by atoms with van der Waals surface area (Å²) in [6, 6.07) is 4.03. The van der Waals surface area contributed by atoms with E-state index in [0.717, 1.165) is 43.4 Å². The smallest absolute Gasteiger partial charge is 0.126 e. The molecule has 1 rings (SSSR count). The Balaban J connectivity index is 2.84. The van der Waals surface area contributed by atoms with Gasteiger partial charge in [-0.15, -0.1) is 0 Å². The van der Waals surface area contributed by atoms with Crippen molar-refractivity contribution in [3.05, 3.63) is 46.6 Å². The molecule has 1 N–H and O–H groups in total. The predicted molar refractivity (Wildman–Crippen MR) is 109 cm³/mol. The molecule has 0 atom stereocenters. The molecule has 0 aliphatic carbocycles. The van der Waals surface area contributed by atoms with Gasteiger partial charge < -0.3 is 9.84 Å². The van der Waals surface area contributed by atoms with Crippen LogP contribution in [-0.4, -0.2) is 11.7 Å². The molecule has 1 aromatic rings. The second kappa shape index (κ2) is 11.8. The molecule has 0 fully saturated rings. The van der Waals surface area contributed by atoms with Crippen molar-refractivity contribution in [3.8, 4) is 11.5 Å². The highest BCUT2D eigenvalue weighted by molar-refractivity contribution is 5.48. The highest BCUT2D eigenvalue weighted by Gasteiger charge is 2.11. The van der Waals surface area contributed by atoms with E-state index in [1.807, 2.05) is 13.0 Å². The number of hydrogen-bond donors (Lipinski definition) is 1. The summed E-state index contributed by atoms with van der Waals surface area (Å²) in [6.07, 6.45) is 11.9. The van der Waals surface area contributed by atoms with Crippen LogP contribution in [0.15, 0.2) is 35.4 Å². The lowest BCUT2D eigenvalue weighted by molar-refractivity contribution is 0.333. The van der Waals surface area contributed by atoms with E-state index in [4.69, 9.17) is 4.74 Å². The molecule has 0 aromatic heterocycles. The summed E-state index contributed by atoms with van der Waals surface area (Å²) in [5.74, 6) is 1.20. The van der Waals surface area contributed by atoms with Gasteiger partial charge in [0, 0.05) is 5.56 Å². The van der Waals surface area contributed by atoms with Crippen LogP contribution in [0, 0.1) is 0 Å². The first-order chi connectivity index (χ1) is 12.0. The normalized spacial score (nSPS) is 11.5. The number of unbranched alkanes of at least 4 members (excludes halogenated alkanes) is 2. The quantitative estimate of drug-likeness (QED) is 0.355. The average Bonchev–Trinajstić information content (AvgIpc) is 2.54. The molecule has 25 heavy (non-hydrogen) atoms. The van der Waals surface area contributed by atoms with E-state index in [9.17, 15) is 5.11 Å². The average molecular weight is 345 g/mol. The largest absolute Gasteiger partial charge is 0.508 e. The van der Waals surface area contributed by atoms with Crippen LogP contribution in [0.3, 0.4) is 0 Å². The fourth-order valence-electron chi connectivity index (χ4n) is 2.87. The Kier molecular flexibility index (Phi) is 10.1. The van der Waals surface area contributed by atoms with Gasteiger partial charge in [-0.1, -0.05) is 43.1 Å². The van der Waals surface area contributed by atoms with Crippen molar-refractivity contribution >= 4 is 0 Å². The van der Waals surface area contributed by atoms with E-state index in [-0.39, 0.29) is 0 Å². The molecular weight excluding hydrogens is 308 g/mol. The highest BCUT2D eigenvalue weighted by Crippen LogP contribution is 2.32. The summed E-state index contributed by atoms with van der Waals surface area (Å²) in [5.41, 5.74) is 4.79.